The van der Waals surface area contributed by atoms with Gasteiger partial charge in [-0.3, -0.25) is 9.69 Å². The van der Waals surface area contributed by atoms with E-state index in [0.29, 0.717) is 40.9 Å². The number of aryl methyl sites for hydroxylation is 1. The van der Waals surface area contributed by atoms with Crippen LogP contribution in [-0.4, -0.2) is 71.2 Å². The van der Waals surface area contributed by atoms with Gasteiger partial charge in [-0.2, -0.15) is 4.98 Å². The van der Waals surface area contributed by atoms with Crippen molar-refractivity contribution in [2.24, 2.45) is 23.2 Å². The van der Waals surface area contributed by atoms with Crippen molar-refractivity contribution in [1.29, 1.82) is 0 Å². The number of aromatic nitrogens is 2. The van der Waals surface area contributed by atoms with Crippen molar-refractivity contribution in [1.82, 2.24) is 19.9 Å². The summed E-state index contributed by atoms with van der Waals surface area (Å²) in [6.07, 6.45) is 7.51. The molecular formula is C21H31N5O2. The van der Waals surface area contributed by atoms with Crippen LogP contribution >= 0.6 is 0 Å². The predicted octanol–water partition coefficient (Wildman–Crippen LogP) is 1.93. The minimum absolute atomic E-state index is 0.353. The Morgan fingerprint density at radius 3 is 2.54 bits per heavy atom. The zero-order valence-corrected chi connectivity index (χ0v) is 16.8. The predicted molar refractivity (Wildman–Crippen MR) is 104 cm³/mol. The van der Waals surface area contributed by atoms with E-state index in [2.05, 4.69) is 24.8 Å². The Bertz CT molecular complexity index is 755. The summed E-state index contributed by atoms with van der Waals surface area (Å²) in [5.41, 5.74) is 0.447. The monoisotopic (exact) mass is 385 g/mol. The van der Waals surface area contributed by atoms with Gasteiger partial charge in [0.05, 0.1) is 0 Å². The Balaban J connectivity index is 0.999. The fourth-order valence-electron chi connectivity index (χ4n) is 6.59. The lowest BCUT2D eigenvalue weighted by Crippen LogP contribution is -2.52. The van der Waals surface area contributed by atoms with E-state index in [9.17, 15) is 4.79 Å². The number of hydrogen-bond donors (Lipinski definition) is 0. The Morgan fingerprint density at radius 2 is 1.86 bits per heavy atom. The highest BCUT2D eigenvalue weighted by atomic mass is 16.5. The lowest BCUT2D eigenvalue weighted by Gasteiger charge is -2.49. The van der Waals surface area contributed by atoms with Gasteiger partial charge in [-0.05, 0) is 62.7 Å². The maximum atomic E-state index is 12.8. The van der Waals surface area contributed by atoms with E-state index in [0.717, 1.165) is 45.3 Å². The molecule has 7 nitrogen and oxygen atoms in total. The summed E-state index contributed by atoms with van der Waals surface area (Å²) in [6, 6.07) is 1.42. The first kappa shape index (κ1) is 17.2. The quantitative estimate of drug-likeness (QED) is 0.792. The van der Waals surface area contributed by atoms with Crippen LogP contribution in [0.25, 0.3) is 0 Å². The third-order valence-electron chi connectivity index (χ3n) is 8.25. The molecular weight excluding hydrogens is 354 g/mol. The van der Waals surface area contributed by atoms with Crippen LogP contribution in [0.4, 0.5) is 6.01 Å². The topological polar surface area (TPSA) is 65.7 Å². The molecule has 3 aliphatic heterocycles. The van der Waals surface area contributed by atoms with Crippen molar-refractivity contribution >= 4 is 11.9 Å². The summed E-state index contributed by atoms with van der Waals surface area (Å²) >= 11 is 0. The molecule has 2 aliphatic carbocycles. The fourth-order valence-corrected chi connectivity index (χ4v) is 6.59. The number of fused-ring (bicyclic) bond motifs is 1. The van der Waals surface area contributed by atoms with Gasteiger partial charge in [0.25, 0.3) is 0 Å². The number of amides is 1. The van der Waals surface area contributed by atoms with Gasteiger partial charge in [0.2, 0.25) is 5.91 Å². The first-order chi connectivity index (χ1) is 13.6. The molecule has 6 rings (SSSR count). The number of rotatable bonds is 3. The van der Waals surface area contributed by atoms with Crippen molar-refractivity contribution in [3.63, 3.8) is 0 Å². The molecule has 1 aromatic heterocycles. The maximum Gasteiger partial charge on any atom is 0.324 e. The van der Waals surface area contributed by atoms with Gasteiger partial charge in [0.15, 0.2) is 5.82 Å². The molecule has 3 saturated heterocycles. The van der Waals surface area contributed by atoms with Crippen molar-refractivity contribution in [2.45, 2.75) is 51.5 Å². The summed E-state index contributed by atoms with van der Waals surface area (Å²) in [5, 5.41) is 3.93. The molecule has 5 aliphatic rings. The van der Waals surface area contributed by atoms with Gasteiger partial charge in [0.1, 0.15) is 0 Å². The molecule has 4 heterocycles. The Kier molecular flexibility index (Phi) is 3.81. The average Bonchev–Trinajstić information content (AvgIpc) is 3.13. The second-order valence-corrected chi connectivity index (χ2v) is 10.1. The van der Waals surface area contributed by atoms with Crippen molar-refractivity contribution in [3.05, 3.63) is 5.82 Å². The van der Waals surface area contributed by atoms with Crippen LogP contribution in [0.3, 0.4) is 0 Å². The van der Waals surface area contributed by atoms with Gasteiger partial charge >= 0.3 is 6.01 Å². The van der Waals surface area contributed by atoms with Gasteiger partial charge in [0, 0.05) is 51.2 Å². The first-order valence-corrected chi connectivity index (χ1v) is 11.2. The van der Waals surface area contributed by atoms with E-state index in [1.165, 1.54) is 38.5 Å². The molecule has 2 saturated carbocycles. The zero-order chi connectivity index (χ0) is 18.9. The van der Waals surface area contributed by atoms with E-state index < -0.39 is 0 Å². The van der Waals surface area contributed by atoms with Crippen LogP contribution in [0.5, 0.6) is 0 Å². The second kappa shape index (κ2) is 6.18. The summed E-state index contributed by atoms with van der Waals surface area (Å²) < 4.78 is 5.36. The van der Waals surface area contributed by atoms with Gasteiger partial charge in [-0.25, -0.2) is 0 Å². The Morgan fingerprint density at radius 1 is 1.11 bits per heavy atom. The molecule has 1 amide bonds. The minimum Gasteiger partial charge on any atom is -0.342 e. The van der Waals surface area contributed by atoms with Gasteiger partial charge in [-0.1, -0.05) is 5.16 Å². The van der Waals surface area contributed by atoms with E-state index >= 15 is 0 Å². The SMILES string of the molecule is Cc1noc(N2CCC3(CC(N4C[C@@H]5[C@H](C4)[C@H]5C(=O)N4CCCCC4)C3)C2)n1. The Hall–Kier alpha value is -1.63. The lowest BCUT2D eigenvalue weighted by molar-refractivity contribution is -0.134. The fraction of sp³-hybridized carbons (Fsp3) is 0.857. The number of anilines is 1. The van der Waals surface area contributed by atoms with Crippen LogP contribution in [0.1, 0.15) is 44.3 Å². The summed E-state index contributed by atoms with van der Waals surface area (Å²) in [6.45, 7) is 8.28. The van der Waals surface area contributed by atoms with Gasteiger partial charge in [-0.15, -0.1) is 0 Å². The molecule has 0 N–H and O–H groups in total. The molecule has 7 heteroatoms. The molecule has 28 heavy (non-hydrogen) atoms. The average molecular weight is 386 g/mol. The van der Waals surface area contributed by atoms with E-state index in [4.69, 9.17) is 4.52 Å². The summed E-state index contributed by atoms with van der Waals surface area (Å²) in [4.78, 5) is 24.3. The van der Waals surface area contributed by atoms with Crippen LogP contribution in [0, 0.1) is 30.1 Å². The normalized spacial score (nSPS) is 40.0. The molecule has 3 atom stereocenters. The number of carbonyl (C=O) groups is 1. The van der Waals surface area contributed by atoms with Crippen LogP contribution in [-0.2, 0) is 4.79 Å². The maximum absolute atomic E-state index is 12.8. The number of piperidine rings is 2. The highest BCUT2D eigenvalue weighted by molar-refractivity contribution is 5.82. The van der Waals surface area contributed by atoms with E-state index in [1.807, 2.05) is 6.92 Å². The molecule has 0 radical (unpaired) electrons. The lowest BCUT2D eigenvalue weighted by atomic mass is 9.64. The van der Waals surface area contributed by atoms with E-state index in [1.54, 1.807) is 0 Å². The second-order valence-electron chi connectivity index (χ2n) is 10.1. The van der Waals surface area contributed by atoms with Crippen molar-refractivity contribution in [3.8, 4) is 0 Å². The van der Waals surface area contributed by atoms with Crippen molar-refractivity contribution in [2.75, 3.05) is 44.2 Å². The van der Waals surface area contributed by atoms with Gasteiger partial charge < -0.3 is 14.3 Å². The molecule has 0 bridgehead atoms. The smallest absolute Gasteiger partial charge is 0.324 e. The third kappa shape index (κ3) is 2.69. The number of nitrogens with zero attached hydrogens (tertiary/aromatic N) is 5. The van der Waals surface area contributed by atoms with Crippen LogP contribution < -0.4 is 4.90 Å². The Labute approximate surface area is 166 Å². The molecule has 1 aromatic rings. The summed E-state index contributed by atoms with van der Waals surface area (Å²) in [5.74, 6) is 2.83. The number of carbonyl (C=O) groups excluding carboxylic acids is 1. The molecule has 5 fully saturated rings. The highest BCUT2D eigenvalue weighted by Gasteiger charge is 2.62. The largest absolute Gasteiger partial charge is 0.342 e. The molecule has 1 spiro atoms. The van der Waals surface area contributed by atoms with Crippen LogP contribution in [0.2, 0.25) is 0 Å². The molecule has 0 unspecified atom stereocenters. The molecule has 0 aromatic carbocycles. The zero-order valence-electron chi connectivity index (χ0n) is 16.8. The van der Waals surface area contributed by atoms with E-state index in [-0.39, 0.29) is 0 Å². The van der Waals surface area contributed by atoms with Crippen LogP contribution in [0.15, 0.2) is 4.52 Å². The highest BCUT2D eigenvalue weighted by Crippen LogP contribution is 2.57. The minimum atomic E-state index is 0.353. The van der Waals surface area contributed by atoms with Crippen molar-refractivity contribution < 1.29 is 9.32 Å². The number of likely N-dealkylation sites (tertiary alicyclic amines) is 2. The number of hydrogen-bond acceptors (Lipinski definition) is 6. The third-order valence-corrected chi connectivity index (χ3v) is 8.25. The summed E-state index contributed by atoms with van der Waals surface area (Å²) in [7, 11) is 0. The molecule has 152 valence electrons. The first-order valence-electron chi connectivity index (χ1n) is 11.2. The standard InChI is InChI=1S/C21H31N5O2/c1-14-22-20(28-23-14)25-8-5-21(13-25)9-15(10-21)26-11-16-17(12-26)18(16)19(27)24-6-3-2-4-7-24/h15-18H,2-13H2,1H3/t15?,16-,17+,18+,21?.